The number of hydrogen-bond donors (Lipinski definition) is 2. The molecular formula is C11H15ClN6. The van der Waals surface area contributed by atoms with E-state index < -0.39 is 0 Å². The first kappa shape index (κ1) is 12.8. The number of nitrogens with zero attached hydrogens (tertiary/aromatic N) is 4. The molecule has 0 aliphatic heterocycles. The van der Waals surface area contributed by atoms with Crippen molar-refractivity contribution in [3.05, 3.63) is 28.7 Å². The van der Waals surface area contributed by atoms with Crippen molar-refractivity contribution in [3.63, 3.8) is 0 Å². The zero-order valence-corrected chi connectivity index (χ0v) is 11.1. The maximum atomic E-state index is 6.09. The number of nitrogens with one attached hydrogen (secondary N) is 2. The van der Waals surface area contributed by atoms with Crippen LogP contribution in [-0.4, -0.2) is 25.1 Å². The lowest BCUT2D eigenvalue weighted by Crippen LogP contribution is -2.08. The van der Waals surface area contributed by atoms with Gasteiger partial charge in [0, 0.05) is 12.0 Å². The number of aromatic amines is 1. The molecule has 0 saturated heterocycles. The fourth-order valence-electron chi connectivity index (χ4n) is 1.52. The molecular weight excluding hydrogens is 252 g/mol. The summed E-state index contributed by atoms with van der Waals surface area (Å²) in [5, 5.41) is 10.2. The average molecular weight is 267 g/mol. The largest absolute Gasteiger partial charge is 0.362 e. The average Bonchev–Trinajstić information content (AvgIpc) is 2.85. The van der Waals surface area contributed by atoms with Crippen molar-refractivity contribution in [2.75, 3.05) is 5.32 Å². The number of halogens is 1. The fraction of sp³-hybridized carbons (Fsp3) is 0.455. The second-order valence-corrected chi connectivity index (χ2v) is 4.30. The molecule has 6 nitrogen and oxygen atoms in total. The third-order valence-corrected chi connectivity index (χ3v) is 2.86. The van der Waals surface area contributed by atoms with Gasteiger partial charge in [-0.1, -0.05) is 18.5 Å². The van der Waals surface area contributed by atoms with E-state index in [1.807, 2.05) is 6.92 Å². The Hall–Kier alpha value is -1.69. The van der Waals surface area contributed by atoms with Crippen molar-refractivity contribution in [1.82, 2.24) is 25.1 Å². The Kier molecular flexibility index (Phi) is 4.09. The van der Waals surface area contributed by atoms with Crippen LogP contribution in [-0.2, 0) is 13.0 Å². The predicted molar refractivity (Wildman–Crippen MR) is 69.5 cm³/mol. The maximum Gasteiger partial charge on any atom is 0.143 e. The van der Waals surface area contributed by atoms with Gasteiger partial charge in [-0.3, -0.25) is 5.10 Å². The molecule has 2 rings (SSSR count). The van der Waals surface area contributed by atoms with E-state index in [4.69, 9.17) is 11.6 Å². The Labute approximate surface area is 110 Å². The van der Waals surface area contributed by atoms with Crippen LogP contribution in [0.4, 0.5) is 5.82 Å². The van der Waals surface area contributed by atoms with Crippen LogP contribution >= 0.6 is 11.6 Å². The quantitative estimate of drug-likeness (QED) is 0.811. The molecule has 0 aliphatic rings. The summed E-state index contributed by atoms with van der Waals surface area (Å²) >= 11 is 6.09. The Morgan fingerprint density at radius 2 is 2.22 bits per heavy atom. The Bertz CT molecular complexity index is 511. The number of aromatic nitrogens is 5. The third-order valence-electron chi connectivity index (χ3n) is 2.49. The van der Waals surface area contributed by atoms with Crippen LogP contribution < -0.4 is 5.32 Å². The monoisotopic (exact) mass is 266 g/mol. The molecule has 0 fully saturated rings. The first-order valence-electron chi connectivity index (χ1n) is 5.81. The highest BCUT2D eigenvalue weighted by Gasteiger charge is 2.09. The smallest absolute Gasteiger partial charge is 0.143 e. The molecule has 0 amide bonds. The molecule has 0 aromatic carbocycles. The van der Waals surface area contributed by atoms with E-state index in [0.29, 0.717) is 11.7 Å². The van der Waals surface area contributed by atoms with Crippen molar-refractivity contribution >= 4 is 17.4 Å². The van der Waals surface area contributed by atoms with E-state index in [2.05, 4.69) is 37.4 Å². The standard InChI is InChI=1S/C11H15ClN6/c1-3-4-8-16-10(12)7(2)11(17-8)13-5-9-14-6-15-18-9/h6H,3-5H2,1-2H3,(H,13,16,17)(H,14,15,18). The van der Waals surface area contributed by atoms with Gasteiger partial charge in [0.15, 0.2) is 0 Å². The first-order valence-corrected chi connectivity index (χ1v) is 6.19. The minimum atomic E-state index is 0.494. The van der Waals surface area contributed by atoms with Gasteiger partial charge >= 0.3 is 0 Å². The molecule has 2 aromatic heterocycles. The first-order chi connectivity index (χ1) is 8.70. The van der Waals surface area contributed by atoms with Crippen LogP contribution in [0, 0.1) is 6.92 Å². The normalized spacial score (nSPS) is 10.6. The molecule has 96 valence electrons. The molecule has 0 bridgehead atoms. The lowest BCUT2D eigenvalue weighted by atomic mass is 10.3. The molecule has 0 saturated carbocycles. The molecule has 2 heterocycles. The predicted octanol–water partition coefficient (Wildman–Crippen LogP) is 2.12. The van der Waals surface area contributed by atoms with Gasteiger partial charge in [-0.05, 0) is 13.3 Å². The zero-order chi connectivity index (χ0) is 13.0. The van der Waals surface area contributed by atoms with Gasteiger partial charge in [0.25, 0.3) is 0 Å². The molecule has 2 N–H and O–H groups in total. The summed E-state index contributed by atoms with van der Waals surface area (Å²) < 4.78 is 0. The maximum absolute atomic E-state index is 6.09. The molecule has 7 heteroatoms. The van der Waals surface area contributed by atoms with Crippen molar-refractivity contribution in [2.24, 2.45) is 0 Å². The third kappa shape index (κ3) is 2.95. The van der Waals surface area contributed by atoms with Crippen LogP contribution in [0.3, 0.4) is 0 Å². The second kappa shape index (κ2) is 5.77. The van der Waals surface area contributed by atoms with E-state index in [1.165, 1.54) is 6.33 Å². The minimum absolute atomic E-state index is 0.494. The van der Waals surface area contributed by atoms with Crippen LogP contribution in [0.15, 0.2) is 6.33 Å². The zero-order valence-electron chi connectivity index (χ0n) is 10.4. The van der Waals surface area contributed by atoms with E-state index in [0.717, 1.165) is 35.9 Å². The molecule has 0 spiro atoms. The molecule has 18 heavy (non-hydrogen) atoms. The van der Waals surface area contributed by atoms with Gasteiger partial charge in [0.1, 0.15) is 28.9 Å². The molecule has 0 radical (unpaired) electrons. The summed E-state index contributed by atoms with van der Waals surface area (Å²) in [6, 6.07) is 0. The summed E-state index contributed by atoms with van der Waals surface area (Å²) in [7, 11) is 0. The van der Waals surface area contributed by atoms with E-state index >= 15 is 0 Å². The molecule has 0 unspecified atom stereocenters. The number of H-pyrrole nitrogens is 1. The Balaban J connectivity index is 2.15. The van der Waals surface area contributed by atoms with Crippen molar-refractivity contribution in [3.8, 4) is 0 Å². The van der Waals surface area contributed by atoms with Gasteiger partial charge in [0.2, 0.25) is 0 Å². The van der Waals surface area contributed by atoms with Crippen molar-refractivity contribution in [2.45, 2.75) is 33.2 Å². The van der Waals surface area contributed by atoms with E-state index in [1.54, 1.807) is 0 Å². The Morgan fingerprint density at radius 3 is 2.89 bits per heavy atom. The number of hydrogen-bond acceptors (Lipinski definition) is 5. The van der Waals surface area contributed by atoms with Crippen molar-refractivity contribution in [1.29, 1.82) is 0 Å². The highest BCUT2D eigenvalue weighted by Crippen LogP contribution is 2.20. The summed E-state index contributed by atoms with van der Waals surface area (Å²) in [6.45, 7) is 4.50. The van der Waals surface area contributed by atoms with Gasteiger partial charge in [0.05, 0.1) is 6.54 Å². The summed E-state index contributed by atoms with van der Waals surface area (Å²) in [5.74, 6) is 2.25. The van der Waals surface area contributed by atoms with Crippen LogP contribution in [0.5, 0.6) is 0 Å². The van der Waals surface area contributed by atoms with Crippen LogP contribution in [0.2, 0.25) is 5.15 Å². The van der Waals surface area contributed by atoms with E-state index in [-0.39, 0.29) is 0 Å². The highest BCUT2D eigenvalue weighted by molar-refractivity contribution is 6.30. The lowest BCUT2D eigenvalue weighted by molar-refractivity contribution is 0.827. The number of rotatable bonds is 5. The minimum Gasteiger partial charge on any atom is -0.362 e. The summed E-state index contributed by atoms with van der Waals surface area (Å²) in [4.78, 5) is 12.7. The van der Waals surface area contributed by atoms with E-state index in [9.17, 15) is 0 Å². The molecule has 2 aromatic rings. The van der Waals surface area contributed by atoms with Crippen molar-refractivity contribution < 1.29 is 0 Å². The van der Waals surface area contributed by atoms with Crippen LogP contribution in [0.25, 0.3) is 0 Å². The molecule has 0 aliphatic carbocycles. The van der Waals surface area contributed by atoms with Gasteiger partial charge < -0.3 is 5.32 Å². The van der Waals surface area contributed by atoms with Gasteiger partial charge in [-0.2, -0.15) is 5.10 Å². The number of anilines is 1. The molecule has 0 atom stereocenters. The lowest BCUT2D eigenvalue weighted by Gasteiger charge is -2.10. The number of aryl methyl sites for hydroxylation is 1. The SMILES string of the molecule is CCCc1nc(Cl)c(C)c(NCc2ncn[nH]2)n1. The topological polar surface area (TPSA) is 79.4 Å². The highest BCUT2D eigenvalue weighted by atomic mass is 35.5. The van der Waals surface area contributed by atoms with Gasteiger partial charge in [-0.25, -0.2) is 15.0 Å². The summed E-state index contributed by atoms with van der Waals surface area (Å²) in [5.41, 5.74) is 0.844. The summed E-state index contributed by atoms with van der Waals surface area (Å²) in [6.07, 6.45) is 3.28. The Morgan fingerprint density at radius 1 is 1.39 bits per heavy atom. The van der Waals surface area contributed by atoms with Crippen LogP contribution in [0.1, 0.15) is 30.6 Å². The fourth-order valence-corrected chi connectivity index (χ4v) is 1.71. The van der Waals surface area contributed by atoms with Gasteiger partial charge in [-0.15, -0.1) is 0 Å². The second-order valence-electron chi connectivity index (χ2n) is 3.94.